The van der Waals surface area contributed by atoms with Gasteiger partial charge in [-0.15, -0.1) is 0 Å². The number of carboxylic acid groups (broad SMARTS) is 2. The van der Waals surface area contributed by atoms with Crippen LogP contribution in [-0.4, -0.2) is 89.4 Å². The number of rotatable bonds is 0. The zero-order chi connectivity index (χ0) is 3.58. The van der Waals surface area contributed by atoms with E-state index in [0.29, 0.717) is 0 Å². The maximum atomic E-state index is 8.33. The fraction of sp³-hybridized carbons (Fsp3) is 0. The summed E-state index contributed by atoms with van der Waals surface area (Å²) in [5.74, 6) is 0. The first-order valence-corrected chi connectivity index (χ1v) is 0.612. The van der Waals surface area contributed by atoms with Crippen LogP contribution in [0.25, 0.3) is 0 Å². The Morgan fingerprint density at radius 2 is 1.22 bits per heavy atom. The fourth-order valence-electron chi connectivity index (χ4n) is 0. The van der Waals surface area contributed by atoms with E-state index < -0.39 is 6.16 Å². The molecule has 0 N–H and O–H groups in total. The molecule has 0 aromatic carbocycles. The molecule has 0 unspecified atom stereocenters. The fourth-order valence-corrected chi connectivity index (χ4v) is 0. The van der Waals surface area contributed by atoms with Crippen molar-refractivity contribution < 1.29 is 122 Å². The minimum absolute atomic E-state index is 0. The Kier molecular flexibility index (Phi) is 118. The molecule has 0 rings (SSSR count). The Labute approximate surface area is 204 Å². The van der Waals surface area contributed by atoms with E-state index in [0.717, 1.165) is 0 Å². The maximum absolute atomic E-state index is 8.33. The van der Waals surface area contributed by atoms with Gasteiger partial charge in [-0.1, -0.05) is 0 Å². The van der Waals surface area contributed by atoms with Gasteiger partial charge >= 0.3 is 190 Å². The van der Waals surface area contributed by atoms with Gasteiger partial charge in [0.15, 0.2) is 0 Å². The Morgan fingerprint density at radius 3 is 1.22 bits per heavy atom. The van der Waals surface area contributed by atoms with Crippen molar-refractivity contribution in [3.8, 4) is 0 Å². The minimum atomic E-state index is -2.33. The van der Waals surface area contributed by atoms with Crippen molar-refractivity contribution in [1.82, 2.24) is 0 Å². The Balaban J connectivity index is -0.00000000450. The maximum Gasteiger partial charge on any atom is 3.00 e. The molecule has 3 nitrogen and oxygen atoms in total. The molecule has 0 aliphatic rings. The number of carbonyl (C=O) groups excluding carboxylic acids is 1. The summed E-state index contributed by atoms with van der Waals surface area (Å²) < 4.78 is 0. The molecule has 0 saturated carbocycles. The van der Waals surface area contributed by atoms with Gasteiger partial charge in [-0.2, -0.15) is 0 Å². The van der Waals surface area contributed by atoms with Crippen LogP contribution in [0.1, 0.15) is 0 Å². The van der Waals surface area contributed by atoms with E-state index in [-0.39, 0.29) is 190 Å². The predicted molar refractivity (Wildman–Crippen MR) is 16.9 cm³/mol. The smallest absolute Gasteiger partial charge is 0.652 e. The van der Waals surface area contributed by atoms with E-state index in [1.54, 1.807) is 0 Å². The molecule has 0 saturated heterocycles. The van der Waals surface area contributed by atoms with Crippen molar-refractivity contribution in [3.05, 3.63) is 0 Å². The van der Waals surface area contributed by atoms with Gasteiger partial charge in [0.2, 0.25) is 0 Å². The third-order valence-corrected chi connectivity index (χ3v) is 0. The van der Waals surface area contributed by atoms with Gasteiger partial charge in [-0.3, -0.25) is 0 Å². The molecule has 0 bridgehead atoms. The standard InChI is InChI=1S/CH2O3.Ca.Ce.La.Na.Sr/c2-1(3)4;;;;;/h(H2,2,3,4);;;;;/q;+2;2*+3;+1;+2/p-2. The molecule has 25 valence electrons. The SMILES string of the molecule is O=C([O-])[O-].[Ca+2].[Ce+3].[La+3].[Na+].[Sr+2]. The van der Waals surface area contributed by atoms with Crippen molar-refractivity contribution in [3.63, 3.8) is 0 Å². The van der Waals surface area contributed by atoms with Gasteiger partial charge in [0.25, 0.3) is 0 Å². The van der Waals surface area contributed by atoms with E-state index in [4.69, 9.17) is 15.0 Å². The van der Waals surface area contributed by atoms with E-state index in [2.05, 4.69) is 0 Å². The van der Waals surface area contributed by atoms with Crippen LogP contribution in [0.15, 0.2) is 0 Å². The molecule has 0 atom stereocenters. The Hall–Kier alpha value is 5.58. The summed E-state index contributed by atoms with van der Waals surface area (Å²) in [5, 5.41) is 16.7. The van der Waals surface area contributed by atoms with E-state index >= 15 is 0 Å². The molecule has 0 spiro atoms. The molecule has 0 aromatic rings. The number of carbonyl (C=O) groups is 1. The summed E-state index contributed by atoms with van der Waals surface area (Å²) in [7, 11) is 0. The van der Waals surface area contributed by atoms with Crippen molar-refractivity contribution in [2.75, 3.05) is 0 Å². The van der Waals surface area contributed by atoms with Crippen molar-refractivity contribution in [1.29, 1.82) is 0 Å². The van der Waals surface area contributed by atoms with Crippen LogP contribution < -0.4 is 39.8 Å². The normalized spacial score (nSPS) is 2.67. The molecule has 9 heavy (non-hydrogen) atoms. The second kappa shape index (κ2) is 29.2. The minimum Gasteiger partial charge on any atom is -0.652 e. The Morgan fingerprint density at radius 1 is 1.22 bits per heavy atom. The molecule has 8 heteroatoms. The van der Waals surface area contributed by atoms with E-state index in [1.165, 1.54) is 0 Å². The third-order valence-electron chi connectivity index (χ3n) is 0. The first-order chi connectivity index (χ1) is 1.73. The average molecular weight is 490 g/mol. The van der Waals surface area contributed by atoms with Gasteiger partial charge in [0, 0.05) is 0 Å². The molecule has 0 fully saturated rings. The Bertz CT molecular complexity index is 46.8. The molecule has 0 aromatic heterocycles. The zero-order valence-electron chi connectivity index (χ0n) is 5.22. The van der Waals surface area contributed by atoms with Crippen LogP contribution >= 0.6 is 0 Å². The number of hydrogen-bond acceptors (Lipinski definition) is 3. The second-order valence-corrected chi connectivity index (χ2v) is 0.250. The molecule has 0 heterocycles. The van der Waals surface area contributed by atoms with Crippen molar-refractivity contribution in [2.45, 2.75) is 0 Å². The summed E-state index contributed by atoms with van der Waals surface area (Å²) in [6.07, 6.45) is -2.33. The monoisotopic (exact) mass is 490 g/mol. The van der Waals surface area contributed by atoms with Crippen LogP contribution in [0.4, 0.5) is 4.79 Å². The quantitative estimate of drug-likeness (QED) is 0.318. The molecule has 0 aliphatic carbocycles. The summed E-state index contributed by atoms with van der Waals surface area (Å²) >= 11 is 0. The molecule has 0 aliphatic heterocycles. The first kappa shape index (κ1) is 36.5. The first-order valence-electron chi connectivity index (χ1n) is 0.612. The van der Waals surface area contributed by atoms with Gasteiger partial charge < -0.3 is 15.0 Å². The molecule has 1 radical (unpaired) electrons. The van der Waals surface area contributed by atoms with Crippen molar-refractivity contribution in [2.24, 2.45) is 0 Å². The van der Waals surface area contributed by atoms with Crippen LogP contribution in [0.5, 0.6) is 0 Å². The topological polar surface area (TPSA) is 63.2 Å². The second-order valence-electron chi connectivity index (χ2n) is 0.250. The summed E-state index contributed by atoms with van der Waals surface area (Å²) in [4.78, 5) is 8.33. The van der Waals surface area contributed by atoms with Crippen LogP contribution in [0.3, 0.4) is 0 Å². The molecular weight excluding hydrogens is 490 g/mol. The van der Waals surface area contributed by atoms with Crippen LogP contribution in [0.2, 0.25) is 0 Å². The average Bonchev–Trinajstić information content (AvgIpc) is 0.811. The van der Waals surface area contributed by atoms with E-state index in [1.807, 2.05) is 0 Å². The van der Waals surface area contributed by atoms with Crippen LogP contribution in [0, 0.1) is 77.3 Å². The number of hydrogen-bond donors (Lipinski definition) is 0. The zero-order valence-corrected chi connectivity index (χ0v) is 19.7. The molecular formula is CCaCeLaNaO3Sr+9. The van der Waals surface area contributed by atoms with Crippen LogP contribution in [-0.2, 0) is 0 Å². The van der Waals surface area contributed by atoms with E-state index in [9.17, 15) is 0 Å². The van der Waals surface area contributed by atoms with Gasteiger partial charge in [0.1, 0.15) is 0 Å². The third kappa shape index (κ3) is 58.5. The largest absolute Gasteiger partial charge is 3.00 e. The summed E-state index contributed by atoms with van der Waals surface area (Å²) in [6, 6.07) is 0. The summed E-state index contributed by atoms with van der Waals surface area (Å²) in [5.41, 5.74) is 0. The van der Waals surface area contributed by atoms with Gasteiger partial charge in [-0.05, 0) is 6.16 Å². The molecule has 0 amide bonds. The van der Waals surface area contributed by atoms with Gasteiger partial charge in [0.05, 0.1) is 0 Å². The summed E-state index contributed by atoms with van der Waals surface area (Å²) in [6.45, 7) is 0. The van der Waals surface area contributed by atoms with Gasteiger partial charge in [-0.25, -0.2) is 0 Å². The van der Waals surface area contributed by atoms with Crippen molar-refractivity contribution >= 4 is 89.4 Å². The predicted octanol–water partition coefficient (Wildman–Crippen LogP) is -6.20.